The van der Waals surface area contributed by atoms with E-state index in [1.165, 1.54) is 0 Å². The van der Waals surface area contributed by atoms with E-state index in [9.17, 15) is 0 Å². The van der Waals surface area contributed by atoms with Crippen LogP contribution in [-0.4, -0.2) is 12.2 Å². The fraction of sp³-hybridized carbons (Fsp3) is 0.600. The van der Waals surface area contributed by atoms with Crippen molar-refractivity contribution in [3.63, 3.8) is 0 Å². The topological polar surface area (TPSA) is 55.2 Å². The van der Waals surface area contributed by atoms with E-state index >= 15 is 0 Å². The van der Waals surface area contributed by atoms with Crippen LogP contribution in [0.4, 0.5) is 0 Å². The van der Waals surface area contributed by atoms with Crippen molar-refractivity contribution >= 4 is 0 Å². The van der Waals surface area contributed by atoms with Gasteiger partial charge in [-0.15, -0.1) is 0 Å². The molecular formula is C5H19NOY7-2. The third-order valence-corrected chi connectivity index (χ3v) is 0. The fourth-order valence-corrected chi connectivity index (χ4v) is 0. The molecule has 0 fully saturated rings. The van der Waals surface area contributed by atoms with Crippen molar-refractivity contribution in [2.24, 2.45) is 0 Å². The second-order valence-electron chi connectivity index (χ2n) is 0. The van der Waals surface area contributed by atoms with Gasteiger partial charge in [-0.25, -0.2) is 0 Å². The van der Waals surface area contributed by atoms with Crippen LogP contribution in [0.25, 0.3) is 0 Å². The van der Waals surface area contributed by atoms with Gasteiger partial charge in [0.15, 0.2) is 0 Å². The molecule has 0 saturated heterocycles. The third kappa shape index (κ3) is 117. The summed E-state index contributed by atoms with van der Waals surface area (Å²) in [5.41, 5.74) is 0. The molecule has 4 N–H and O–H groups in total. The molecule has 73 valence electrons. The first kappa shape index (κ1) is 99.2. The molecule has 0 rings (SSSR count). The third-order valence-electron chi connectivity index (χ3n) is 0. The average Bonchev–Trinajstić information content (AvgIpc) is 1.50. The Balaban J connectivity index is -0.000000000333. The Morgan fingerprint density at radius 1 is 0.500 bits per heavy atom. The summed E-state index contributed by atoms with van der Waals surface area (Å²) < 4.78 is 0. The molecule has 0 aliphatic heterocycles. The molecule has 0 aliphatic rings. The normalized spacial score (nSPS) is 0.857. The Bertz CT molecular complexity index is 22.0. The van der Waals surface area contributed by atoms with Crippen LogP contribution in [0.15, 0.2) is 0 Å². The second kappa shape index (κ2) is 136. The van der Waals surface area contributed by atoms with Crippen LogP contribution in [0.3, 0.4) is 0 Å². The van der Waals surface area contributed by atoms with Crippen LogP contribution in [0, 0.1) is 14.9 Å². The Morgan fingerprint density at radius 2 is 0.500 bits per heavy atom. The quantitative estimate of drug-likeness (QED) is 0.373. The molecule has 0 aromatic heterocycles. The SMILES string of the molecule is CC.CO.N.[CH3-].[CH3-].[Y].[Y].[Y].[Y].[Y].[Y].[Y]. The first-order valence-electron chi connectivity index (χ1n) is 1.45. The molecule has 2 nitrogen and oxygen atoms in total. The molecule has 0 saturated carbocycles. The van der Waals surface area contributed by atoms with E-state index < -0.39 is 0 Å². The molecule has 0 atom stereocenters. The number of hydrogen-bond donors (Lipinski definition) is 2. The molecule has 0 bridgehead atoms. The van der Waals surface area contributed by atoms with Gasteiger partial charge in [0.1, 0.15) is 0 Å². The molecule has 0 aliphatic carbocycles. The fourth-order valence-electron chi connectivity index (χ4n) is 0. The molecule has 14 heavy (non-hydrogen) atoms. The van der Waals surface area contributed by atoms with Gasteiger partial charge in [0.25, 0.3) is 0 Å². The summed E-state index contributed by atoms with van der Waals surface area (Å²) in [6.45, 7) is 4.00. The van der Waals surface area contributed by atoms with Gasteiger partial charge < -0.3 is 26.1 Å². The molecule has 0 unspecified atom stereocenters. The second-order valence-corrected chi connectivity index (χ2v) is 0. The van der Waals surface area contributed by atoms with Crippen molar-refractivity contribution in [3.05, 3.63) is 14.9 Å². The van der Waals surface area contributed by atoms with Gasteiger partial charge >= 0.3 is 0 Å². The summed E-state index contributed by atoms with van der Waals surface area (Å²) in [5, 5.41) is 7.00. The maximum atomic E-state index is 7.00. The first-order valence-corrected chi connectivity index (χ1v) is 1.45. The monoisotopic (exact) mass is 731 g/mol. The zero-order valence-corrected chi connectivity index (χ0v) is 30.1. The van der Waals surface area contributed by atoms with Crippen LogP contribution in [-0.2, 0) is 229 Å². The summed E-state index contributed by atoms with van der Waals surface area (Å²) in [6.07, 6.45) is 0. The molecular weight excluding hydrogens is 712 g/mol. The molecule has 7 radical (unpaired) electrons. The van der Waals surface area contributed by atoms with Gasteiger partial charge in [0, 0.05) is 236 Å². The molecule has 0 heterocycles. The van der Waals surface area contributed by atoms with E-state index in [1.54, 1.807) is 0 Å². The summed E-state index contributed by atoms with van der Waals surface area (Å²) in [7, 11) is 1.00. The van der Waals surface area contributed by atoms with Crippen LogP contribution >= 0.6 is 0 Å². The predicted octanol–water partition coefficient (Wildman–Crippen LogP) is 1.68. The average molecular weight is 732 g/mol. The minimum Gasteiger partial charge on any atom is -0.400 e. The summed E-state index contributed by atoms with van der Waals surface area (Å²) >= 11 is 0. The summed E-state index contributed by atoms with van der Waals surface area (Å²) in [4.78, 5) is 0. The van der Waals surface area contributed by atoms with Gasteiger partial charge in [-0.2, -0.15) is 0 Å². The number of rotatable bonds is 0. The Morgan fingerprint density at radius 3 is 0.500 bits per heavy atom. The molecule has 9 heteroatoms. The maximum absolute atomic E-state index is 7.00. The number of aliphatic hydroxyl groups excluding tert-OH is 1. The van der Waals surface area contributed by atoms with E-state index in [2.05, 4.69) is 0 Å². The van der Waals surface area contributed by atoms with E-state index in [-0.39, 0.29) is 250 Å². The smallest absolute Gasteiger partial charge is 0.0319 e. The predicted molar refractivity (Wildman–Crippen MR) is 37.3 cm³/mol. The van der Waals surface area contributed by atoms with E-state index in [4.69, 9.17) is 5.11 Å². The molecule has 0 amide bonds. The van der Waals surface area contributed by atoms with E-state index in [0.29, 0.717) is 0 Å². The van der Waals surface area contributed by atoms with Crippen molar-refractivity contribution in [1.82, 2.24) is 6.15 Å². The Kier molecular flexibility index (Phi) is 965. The molecule has 0 spiro atoms. The zero-order chi connectivity index (χ0) is 4.00. The zero-order valence-electron chi connectivity index (χ0n) is 10.2. The minimum absolute atomic E-state index is 0. The van der Waals surface area contributed by atoms with Crippen molar-refractivity contribution in [3.8, 4) is 0 Å². The van der Waals surface area contributed by atoms with Gasteiger partial charge in [-0.3, -0.25) is 0 Å². The standard InChI is InChI=1S/C2H6.CH4O.2CH3.H3N.7Y/c2*1-2;;;;;;;;;;/h1-2H3;2H,1H3;3*1H3;;;;;;;/q;;2*-1;;;;;;;;. The van der Waals surface area contributed by atoms with Crippen LogP contribution in [0.2, 0.25) is 0 Å². The van der Waals surface area contributed by atoms with Crippen molar-refractivity contribution in [1.29, 1.82) is 0 Å². The van der Waals surface area contributed by atoms with Crippen LogP contribution < -0.4 is 6.15 Å². The van der Waals surface area contributed by atoms with Crippen LogP contribution in [0.1, 0.15) is 13.8 Å². The summed E-state index contributed by atoms with van der Waals surface area (Å²) in [6, 6.07) is 0. The van der Waals surface area contributed by atoms with Gasteiger partial charge in [-0.05, 0) is 0 Å². The van der Waals surface area contributed by atoms with Crippen molar-refractivity contribution in [2.75, 3.05) is 7.11 Å². The largest absolute Gasteiger partial charge is 0.400 e. The van der Waals surface area contributed by atoms with Crippen molar-refractivity contribution in [2.45, 2.75) is 13.8 Å². The first-order chi connectivity index (χ1) is 2.00. The molecule has 0 aromatic carbocycles. The number of aliphatic hydroxyl groups is 1. The Hall–Kier alpha value is 7.65. The van der Waals surface area contributed by atoms with Crippen LogP contribution in [0.5, 0.6) is 0 Å². The maximum Gasteiger partial charge on any atom is 0.0319 e. The summed E-state index contributed by atoms with van der Waals surface area (Å²) in [5.74, 6) is 0. The van der Waals surface area contributed by atoms with Gasteiger partial charge in [0.2, 0.25) is 0 Å². The molecule has 0 aromatic rings. The van der Waals surface area contributed by atoms with Crippen molar-refractivity contribution < 1.29 is 234 Å². The number of hydrogen-bond acceptors (Lipinski definition) is 2. The van der Waals surface area contributed by atoms with Gasteiger partial charge in [-0.1, -0.05) is 13.8 Å². The van der Waals surface area contributed by atoms with E-state index in [0.717, 1.165) is 7.11 Å². The minimum atomic E-state index is 0. The van der Waals surface area contributed by atoms with E-state index in [1.807, 2.05) is 13.8 Å². The Labute approximate surface area is 268 Å². The van der Waals surface area contributed by atoms with Gasteiger partial charge in [0.05, 0.1) is 0 Å².